The van der Waals surface area contributed by atoms with Gasteiger partial charge in [-0.2, -0.15) is 0 Å². The average molecular weight is 225 g/mol. The second kappa shape index (κ2) is 4.72. The number of hydrogen-bond acceptors (Lipinski definition) is 4. The molecule has 0 atom stereocenters. The van der Waals surface area contributed by atoms with Crippen molar-refractivity contribution < 1.29 is 4.79 Å². The number of rotatable bonds is 2. The van der Waals surface area contributed by atoms with Crippen molar-refractivity contribution in [1.82, 2.24) is 15.2 Å². The van der Waals surface area contributed by atoms with Crippen LogP contribution in [0.5, 0.6) is 0 Å². The highest BCUT2D eigenvalue weighted by molar-refractivity contribution is 7.11. The molecule has 0 radical (unpaired) electrons. The first-order valence-electron chi connectivity index (χ1n) is 5.14. The van der Waals surface area contributed by atoms with Crippen LogP contribution in [-0.2, 0) is 0 Å². The molecule has 0 aliphatic carbocycles. The molecule has 1 aromatic heterocycles. The third-order valence-corrected chi connectivity index (χ3v) is 3.45. The smallest absolute Gasteiger partial charge is 0.280 e. The molecular formula is C10H15N3OS. The lowest BCUT2D eigenvalue weighted by atomic mass is 10.1. The number of likely N-dealkylation sites (tertiary alicyclic amines) is 1. The van der Waals surface area contributed by atoms with E-state index >= 15 is 0 Å². The van der Waals surface area contributed by atoms with E-state index in [9.17, 15) is 4.79 Å². The fraction of sp³-hybridized carbons (Fsp3) is 0.600. The van der Waals surface area contributed by atoms with Gasteiger partial charge in [-0.05, 0) is 33.0 Å². The summed E-state index contributed by atoms with van der Waals surface area (Å²) >= 11 is 1.39. The monoisotopic (exact) mass is 225 g/mol. The highest BCUT2D eigenvalue weighted by Crippen LogP contribution is 2.10. The number of hydrogen-bond donors (Lipinski definition) is 1. The van der Waals surface area contributed by atoms with Gasteiger partial charge in [0.05, 0.1) is 0 Å². The molecule has 15 heavy (non-hydrogen) atoms. The molecule has 0 saturated carbocycles. The normalized spacial score (nSPS) is 19.0. The van der Waals surface area contributed by atoms with Gasteiger partial charge in [0.15, 0.2) is 5.01 Å². The number of nitrogens with zero attached hydrogens (tertiary/aromatic N) is 2. The SMILES string of the molecule is CN1CCC(NC(=O)c2nccs2)CC1. The van der Waals surface area contributed by atoms with Crippen molar-refractivity contribution in [2.45, 2.75) is 18.9 Å². The maximum absolute atomic E-state index is 11.7. The van der Waals surface area contributed by atoms with Crippen molar-refractivity contribution in [2.75, 3.05) is 20.1 Å². The van der Waals surface area contributed by atoms with Crippen molar-refractivity contribution in [1.29, 1.82) is 0 Å². The first-order chi connectivity index (χ1) is 7.25. The number of carbonyl (C=O) groups excluding carboxylic acids is 1. The van der Waals surface area contributed by atoms with Crippen LogP contribution in [0.3, 0.4) is 0 Å². The molecule has 0 aromatic carbocycles. The van der Waals surface area contributed by atoms with E-state index in [1.807, 2.05) is 5.38 Å². The lowest BCUT2D eigenvalue weighted by molar-refractivity contribution is 0.0916. The Bertz CT molecular complexity index is 317. The second-order valence-corrected chi connectivity index (χ2v) is 4.78. The summed E-state index contributed by atoms with van der Waals surface area (Å²) in [6.45, 7) is 2.12. The molecule has 1 aliphatic rings. The number of amides is 1. The fourth-order valence-electron chi connectivity index (χ4n) is 1.74. The highest BCUT2D eigenvalue weighted by Gasteiger charge is 2.19. The number of thiazole rings is 1. The van der Waals surface area contributed by atoms with E-state index in [1.165, 1.54) is 11.3 Å². The van der Waals surface area contributed by atoms with E-state index in [1.54, 1.807) is 6.20 Å². The number of piperidine rings is 1. The predicted molar refractivity (Wildman–Crippen MR) is 60.1 cm³/mol. The molecule has 82 valence electrons. The Hall–Kier alpha value is -0.940. The van der Waals surface area contributed by atoms with Crippen molar-refractivity contribution in [3.8, 4) is 0 Å². The minimum absolute atomic E-state index is 0.0282. The minimum atomic E-state index is -0.0282. The first kappa shape index (κ1) is 10.6. The standard InChI is InChI=1S/C10H15N3OS/c1-13-5-2-8(3-6-13)12-9(14)10-11-4-7-15-10/h4,7-8H,2-3,5-6H2,1H3,(H,12,14). The summed E-state index contributed by atoms with van der Waals surface area (Å²) < 4.78 is 0. The van der Waals surface area contributed by atoms with Gasteiger partial charge in [-0.1, -0.05) is 0 Å². The lowest BCUT2D eigenvalue weighted by Gasteiger charge is -2.29. The second-order valence-electron chi connectivity index (χ2n) is 3.89. The van der Waals surface area contributed by atoms with E-state index in [2.05, 4.69) is 22.2 Å². The largest absolute Gasteiger partial charge is 0.347 e. The molecule has 4 nitrogen and oxygen atoms in total. The fourth-order valence-corrected chi connectivity index (χ4v) is 2.27. The summed E-state index contributed by atoms with van der Waals surface area (Å²) in [5.41, 5.74) is 0. The van der Waals surface area contributed by atoms with Crippen LogP contribution in [0.25, 0.3) is 0 Å². The molecule has 1 aliphatic heterocycles. The van der Waals surface area contributed by atoms with Crippen molar-refractivity contribution in [3.63, 3.8) is 0 Å². The van der Waals surface area contributed by atoms with Crippen LogP contribution in [0.15, 0.2) is 11.6 Å². The molecule has 0 unspecified atom stereocenters. The Morgan fingerprint density at radius 2 is 2.33 bits per heavy atom. The van der Waals surface area contributed by atoms with E-state index in [0.717, 1.165) is 25.9 Å². The molecule has 5 heteroatoms. The maximum Gasteiger partial charge on any atom is 0.280 e. The number of carbonyl (C=O) groups is 1. The summed E-state index contributed by atoms with van der Waals surface area (Å²) in [6.07, 6.45) is 3.73. The van der Waals surface area contributed by atoms with Gasteiger partial charge in [-0.15, -0.1) is 11.3 Å². The molecule has 1 aromatic rings. The molecule has 2 rings (SSSR count). The van der Waals surface area contributed by atoms with Crippen LogP contribution < -0.4 is 5.32 Å². The molecule has 1 saturated heterocycles. The molecule has 1 amide bonds. The van der Waals surface area contributed by atoms with Gasteiger partial charge in [0.25, 0.3) is 5.91 Å². The number of aromatic nitrogens is 1. The first-order valence-corrected chi connectivity index (χ1v) is 6.02. The highest BCUT2D eigenvalue weighted by atomic mass is 32.1. The minimum Gasteiger partial charge on any atom is -0.347 e. The van der Waals surface area contributed by atoms with Crippen molar-refractivity contribution >= 4 is 17.2 Å². The van der Waals surface area contributed by atoms with Crippen LogP contribution in [0.2, 0.25) is 0 Å². The Labute approximate surface area is 93.3 Å². The Balaban J connectivity index is 1.85. The van der Waals surface area contributed by atoms with Gasteiger partial charge in [0.1, 0.15) is 0 Å². The quantitative estimate of drug-likeness (QED) is 0.815. The zero-order valence-corrected chi connectivity index (χ0v) is 9.59. The van der Waals surface area contributed by atoms with E-state index in [4.69, 9.17) is 0 Å². The zero-order chi connectivity index (χ0) is 10.7. The molecule has 0 spiro atoms. The van der Waals surface area contributed by atoms with Gasteiger partial charge < -0.3 is 10.2 Å². The summed E-state index contributed by atoms with van der Waals surface area (Å²) in [6, 6.07) is 0.317. The van der Waals surface area contributed by atoms with Crippen LogP contribution in [-0.4, -0.2) is 42.0 Å². The maximum atomic E-state index is 11.7. The topological polar surface area (TPSA) is 45.2 Å². The molecule has 0 bridgehead atoms. The summed E-state index contributed by atoms with van der Waals surface area (Å²) in [4.78, 5) is 18.0. The van der Waals surface area contributed by atoms with Crippen LogP contribution in [0.4, 0.5) is 0 Å². The van der Waals surface area contributed by atoms with E-state index < -0.39 is 0 Å². The van der Waals surface area contributed by atoms with E-state index in [-0.39, 0.29) is 5.91 Å². The van der Waals surface area contributed by atoms with E-state index in [0.29, 0.717) is 11.0 Å². The van der Waals surface area contributed by atoms with Crippen molar-refractivity contribution in [3.05, 3.63) is 16.6 Å². The predicted octanol–water partition coefficient (Wildman–Crippen LogP) is 0.967. The van der Waals surface area contributed by atoms with Crippen LogP contribution in [0.1, 0.15) is 22.6 Å². The molecule has 1 N–H and O–H groups in total. The third kappa shape index (κ3) is 2.76. The Morgan fingerprint density at radius 1 is 1.60 bits per heavy atom. The average Bonchev–Trinajstić information content (AvgIpc) is 2.74. The summed E-state index contributed by atoms with van der Waals surface area (Å²) in [5, 5.41) is 5.41. The molecule has 1 fully saturated rings. The Morgan fingerprint density at radius 3 is 2.93 bits per heavy atom. The van der Waals surface area contributed by atoms with Gasteiger partial charge in [-0.3, -0.25) is 4.79 Å². The molecular weight excluding hydrogens is 210 g/mol. The van der Waals surface area contributed by atoms with Gasteiger partial charge >= 0.3 is 0 Å². The van der Waals surface area contributed by atoms with Crippen molar-refractivity contribution in [2.24, 2.45) is 0 Å². The van der Waals surface area contributed by atoms with Crippen LogP contribution >= 0.6 is 11.3 Å². The number of nitrogens with one attached hydrogen (secondary N) is 1. The zero-order valence-electron chi connectivity index (χ0n) is 8.77. The van der Waals surface area contributed by atoms with Gasteiger partial charge in [0.2, 0.25) is 0 Å². The Kier molecular flexibility index (Phi) is 3.33. The third-order valence-electron chi connectivity index (χ3n) is 2.68. The molecule has 2 heterocycles. The van der Waals surface area contributed by atoms with Crippen LogP contribution in [0, 0.1) is 0 Å². The van der Waals surface area contributed by atoms with Gasteiger partial charge in [-0.25, -0.2) is 4.98 Å². The summed E-state index contributed by atoms with van der Waals surface area (Å²) in [7, 11) is 2.11. The lowest BCUT2D eigenvalue weighted by Crippen LogP contribution is -2.43. The summed E-state index contributed by atoms with van der Waals surface area (Å²) in [5.74, 6) is -0.0282. The van der Waals surface area contributed by atoms with Gasteiger partial charge in [0, 0.05) is 17.6 Å².